The fourth-order valence-electron chi connectivity index (χ4n) is 2.30. The third kappa shape index (κ3) is 2.62. The molecular weight excluding hydrogens is 202 g/mol. The number of aromatic nitrogens is 2. The summed E-state index contributed by atoms with van der Waals surface area (Å²) in [6, 6.07) is 2.17. The van der Waals surface area contributed by atoms with Crippen LogP contribution in [-0.2, 0) is 20.0 Å². The third-order valence-corrected chi connectivity index (χ3v) is 3.26. The Balaban J connectivity index is 1.99. The summed E-state index contributed by atoms with van der Waals surface area (Å²) in [5, 5.41) is 14.1. The Labute approximate surface area is 96.9 Å². The van der Waals surface area contributed by atoms with E-state index in [9.17, 15) is 5.11 Å². The fourth-order valence-corrected chi connectivity index (χ4v) is 2.30. The van der Waals surface area contributed by atoms with Crippen molar-refractivity contribution in [3.05, 3.63) is 17.5 Å². The van der Waals surface area contributed by atoms with Gasteiger partial charge in [-0.05, 0) is 31.9 Å². The van der Waals surface area contributed by atoms with Gasteiger partial charge in [0, 0.05) is 20.1 Å². The third-order valence-electron chi connectivity index (χ3n) is 3.26. The second-order valence-corrected chi connectivity index (χ2v) is 4.64. The maximum absolute atomic E-state index is 9.61. The lowest BCUT2D eigenvalue weighted by Gasteiger charge is -2.29. The second kappa shape index (κ2) is 4.97. The number of nitrogens with zero attached hydrogens (tertiary/aromatic N) is 3. The monoisotopic (exact) mass is 223 g/mol. The van der Waals surface area contributed by atoms with E-state index >= 15 is 0 Å². The number of piperidine rings is 1. The van der Waals surface area contributed by atoms with Crippen LogP contribution >= 0.6 is 0 Å². The minimum atomic E-state index is -0.146. The Morgan fingerprint density at radius 3 is 3.00 bits per heavy atom. The molecule has 4 heteroatoms. The SMILES string of the molecule is CCc1cc(CN2CCC[C@H](O)C2)n(C)n1. The largest absolute Gasteiger partial charge is 0.392 e. The molecule has 0 radical (unpaired) electrons. The summed E-state index contributed by atoms with van der Waals surface area (Å²) in [5.74, 6) is 0. The standard InChI is InChI=1S/C12H21N3O/c1-3-10-7-11(14(2)13-10)8-15-6-4-5-12(16)9-15/h7,12,16H,3-6,8-9H2,1-2H3/t12-/m0/s1. The van der Waals surface area contributed by atoms with Gasteiger partial charge in [0.1, 0.15) is 0 Å². The number of aliphatic hydroxyl groups is 1. The van der Waals surface area contributed by atoms with Gasteiger partial charge in [-0.15, -0.1) is 0 Å². The molecule has 1 fully saturated rings. The van der Waals surface area contributed by atoms with E-state index in [-0.39, 0.29) is 6.10 Å². The first-order valence-electron chi connectivity index (χ1n) is 6.11. The smallest absolute Gasteiger partial charge is 0.0667 e. The Morgan fingerprint density at radius 1 is 1.56 bits per heavy atom. The molecule has 1 aliphatic heterocycles. The van der Waals surface area contributed by atoms with Gasteiger partial charge >= 0.3 is 0 Å². The van der Waals surface area contributed by atoms with Crippen LogP contribution in [0.25, 0.3) is 0 Å². The molecule has 0 bridgehead atoms. The molecule has 1 atom stereocenters. The summed E-state index contributed by atoms with van der Waals surface area (Å²) in [4.78, 5) is 2.31. The number of aliphatic hydroxyl groups excluding tert-OH is 1. The molecule has 2 rings (SSSR count). The molecule has 0 aliphatic carbocycles. The summed E-state index contributed by atoms with van der Waals surface area (Å²) in [5.41, 5.74) is 2.39. The number of β-amino-alcohol motifs (C(OH)–C–C–N with tert-alkyl or cyclic N) is 1. The molecule has 1 saturated heterocycles. The summed E-state index contributed by atoms with van der Waals surface area (Å²) < 4.78 is 1.96. The van der Waals surface area contributed by atoms with Gasteiger partial charge in [-0.25, -0.2) is 0 Å². The highest BCUT2D eigenvalue weighted by atomic mass is 16.3. The zero-order valence-electron chi connectivity index (χ0n) is 10.2. The Hall–Kier alpha value is -0.870. The molecule has 0 unspecified atom stereocenters. The van der Waals surface area contributed by atoms with Crippen LogP contribution in [0.2, 0.25) is 0 Å². The molecule has 4 nitrogen and oxygen atoms in total. The van der Waals surface area contributed by atoms with Crippen molar-refractivity contribution in [1.82, 2.24) is 14.7 Å². The van der Waals surface area contributed by atoms with Gasteiger partial charge in [-0.1, -0.05) is 6.92 Å². The van der Waals surface area contributed by atoms with Crippen LogP contribution in [-0.4, -0.2) is 39.0 Å². The molecule has 0 aromatic carbocycles. The van der Waals surface area contributed by atoms with E-state index in [1.54, 1.807) is 0 Å². The number of rotatable bonds is 3. The lowest BCUT2D eigenvalue weighted by molar-refractivity contribution is 0.0656. The van der Waals surface area contributed by atoms with E-state index in [4.69, 9.17) is 0 Å². The average Bonchev–Trinajstić information content (AvgIpc) is 2.60. The van der Waals surface area contributed by atoms with E-state index in [0.29, 0.717) is 0 Å². The highest BCUT2D eigenvalue weighted by Gasteiger charge is 2.18. The molecular formula is C12H21N3O. The number of aryl methyl sites for hydroxylation is 2. The van der Waals surface area contributed by atoms with E-state index in [0.717, 1.165) is 44.6 Å². The predicted molar refractivity (Wildman–Crippen MR) is 63.1 cm³/mol. The second-order valence-electron chi connectivity index (χ2n) is 4.64. The molecule has 1 N–H and O–H groups in total. The number of hydrogen-bond acceptors (Lipinski definition) is 3. The van der Waals surface area contributed by atoms with Crippen LogP contribution in [0, 0.1) is 0 Å². The van der Waals surface area contributed by atoms with Crippen molar-refractivity contribution >= 4 is 0 Å². The normalized spacial score (nSPS) is 22.6. The van der Waals surface area contributed by atoms with Crippen molar-refractivity contribution in [2.24, 2.45) is 7.05 Å². The first kappa shape index (κ1) is 11.6. The Morgan fingerprint density at radius 2 is 2.38 bits per heavy atom. The van der Waals surface area contributed by atoms with Crippen LogP contribution in [0.5, 0.6) is 0 Å². The molecule has 2 heterocycles. The van der Waals surface area contributed by atoms with Crippen LogP contribution in [0.1, 0.15) is 31.2 Å². The highest BCUT2D eigenvalue weighted by Crippen LogP contribution is 2.14. The maximum Gasteiger partial charge on any atom is 0.0667 e. The van der Waals surface area contributed by atoms with Crippen molar-refractivity contribution in [3.8, 4) is 0 Å². The van der Waals surface area contributed by atoms with Crippen molar-refractivity contribution < 1.29 is 5.11 Å². The van der Waals surface area contributed by atoms with Gasteiger partial charge in [0.25, 0.3) is 0 Å². The van der Waals surface area contributed by atoms with Gasteiger partial charge in [0.15, 0.2) is 0 Å². The van der Waals surface area contributed by atoms with Gasteiger partial charge in [0.05, 0.1) is 17.5 Å². The van der Waals surface area contributed by atoms with E-state index in [1.807, 2.05) is 11.7 Å². The Bertz CT molecular complexity index is 348. The summed E-state index contributed by atoms with van der Waals surface area (Å²) in [7, 11) is 1.99. The van der Waals surface area contributed by atoms with E-state index in [1.165, 1.54) is 5.69 Å². The molecule has 16 heavy (non-hydrogen) atoms. The van der Waals surface area contributed by atoms with E-state index in [2.05, 4.69) is 23.0 Å². The van der Waals surface area contributed by atoms with Gasteiger partial charge in [0.2, 0.25) is 0 Å². The first-order valence-corrected chi connectivity index (χ1v) is 6.11. The lowest BCUT2D eigenvalue weighted by atomic mass is 10.1. The molecule has 1 aromatic heterocycles. The van der Waals surface area contributed by atoms with Gasteiger partial charge in [-0.2, -0.15) is 5.10 Å². The molecule has 1 aliphatic rings. The zero-order valence-corrected chi connectivity index (χ0v) is 10.2. The van der Waals surface area contributed by atoms with E-state index < -0.39 is 0 Å². The van der Waals surface area contributed by atoms with Crippen molar-refractivity contribution in [2.75, 3.05) is 13.1 Å². The molecule has 1 aromatic rings. The lowest BCUT2D eigenvalue weighted by Crippen LogP contribution is -2.38. The Kier molecular flexibility index (Phi) is 3.61. The van der Waals surface area contributed by atoms with Crippen LogP contribution in [0.4, 0.5) is 0 Å². The number of hydrogen-bond donors (Lipinski definition) is 1. The summed E-state index contributed by atoms with van der Waals surface area (Å²) in [6.07, 6.45) is 2.88. The predicted octanol–water partition coefficient (Wildman–Crippen LogP) is 0.939. The minimum Gasteiger partial charge on any atom is -0.392 e. The van der Waals surface area contributed by atoms with Crippen molar-refractivity contribution in [2.45, 2.75) is 38.8 Å². The fraction of sp³-hybridized carbons (Fsp3) is 0.750. The maximum atomic E-state index is 9.61. The minimum absolute atomic E-state index is 0.146. The van der Waals surface area contributed by atoms with Crippen molar-refractivity contribution in [3.63, 3.8) is 0 Å². The molecule has 0 spiro atoms. The van der Waals surface area contributed by atoms with Crippen LogP contribution in [0.3, 0.4) is 0 Å². The van der Waals surface area contributed by atoms with Gasteiger partial charge < -0.3 is 5.11 Å². The topological polar surface area (TPSA) is 41.3 Å². The molecule has 0 amide bonds. The molecule has 0 saturated carbocycles. The van der Waals surface area contributed by atoms with Gasteiger partial charge in [-0.3, -0.25) is 9.58 Å². The number of likely N-dealkylation sites (tertiary alicyclic amines) is 1. The highest BCUT2D eigenvalue weighted by molar-refractivity contribution is 5.10. The average molecular weight is 223 g/mol. The summed E-state index contributed by atoms with van der Waals surface area (Å²) >= 11 is 0. The quantitative estimate of drug-likeness (QED) is 0.829. The summed E-state index contributed by atoms with van der Waals surface area (Å²) in [6.45, 7) is 4.91. The van der Waals surface area contributed by atoms with Crippen LogP contribution < -0.4 is 0 Å². The zero-order chi connectivity index (χ0) is 11.5. The van der Waals surface area contributed by atoms with Crippen molar-refractivity contribution in [1.29, 1.82) is 0 Å². The molecule has 90 valence electrons. The van der Waals surface area contributed by atoms with Crippen LogP contribution in [0.15, 0.2) is 6.07 Å². The first-order chi connectivity index (χ1) is 7.69.